The number of sulfonamides is 1. The van der Waals surface area contributed by atoms with Gasteiger partial charge in [-0.05, 0) is 68.7 Å². The molecule has 2 amide bonds. The molecule has 0 aromatic heterocycles. The van der Waals surface area contributed by atoms with Crippen molar-refractivity contribution >= 4 is 27.5 Å². The molecule has 0 saturated carbocycles. The van der Waals surface area contributed by atoms with Crippen molar-refractivity contribution in [1.29, 1.82) is 0 Å². The summed E-state index contributed by atoms with van der Waals surface area (Å²) in [5.74, 6) is 0.181. The summed E-state index contributed by atoms with van der Waals surface area (Å²) >= 11 is 0. The monoisotopic (exact) mass is 595 g/mol. The van der Waals surface area contributed by atoms with Crippen LogP contribution in [0.3, 0.4) is 0 Å². The highest BCUT2D eigenvalue weighted by atomic mass is 32.2. The van der Waals surface area contributed by atoms with E-state index in [2.05, 4.69) is 5.32 Å². The number of rotatable bonds is 15. The van der Waals surface area contributed by atoms with Gasteiger partial charge in [-0.2, -0.15) is 0 Å². The summed E-state index contributed by atoms with van der Waals surface area (Å²) in [7, 11) is -2.63. The Morgan fingerprint density at radius 3 is 2.19 bits per heavy atom. The minimum atomic E-state index is -4.20. The maximum atomic E-state index is 14.2. The fraction of sp³-hybridized carbons (Fsp3) is 0.375. The van der Waals surface area contributed by atoms with Crippen molar-refractivity contribution in [2.24, 2.45) is 0 Å². The second-order valence-corrected chi connectivity index (χ2v) is 11.7. The lowest BCUT2D eigenvalue weighted by molar-refractivity contribution is -0.140. The van der Waals surface area contributed by atoms with Gasteiger partial charge < -0.3 is 19.7 Å². The van der Waals surface area contributed by atoms with Crippen molar-refractivity contribution in [2.45, 2.75) is 58.0 Å². The van der Waals surface area contributed by atoms with Crippen LogP contribution in [-0.2, 0) is 26.2 Å². The molecule has 0 fully saturated rings. The van der Waals surface area contributed by atoms with Crippen molar-refractivity contribution in [3.63, 3.8) is 0 Å². The fourth-order valence-electron chi connectivity index (χ4n) is 4.50. The van der Waals surface area contributed by atoms with E-state index in [4.69, 9.17) is 9.47 Å². The molecule has 0 heterocycles. The van der Waals surface area contributed by atoms with E-state index < -0.39 is 28.5 Å². The summed E-state index contributed by atoms with van der Waals surface area (Å²) in [6.07, 6.45) is 1.09. The molecule has 0 aliphatic rings. The highest BCUT2D eigenvalue weighted by Crippen LogP contribution is 2.33. The maximum Gasteiger partial charge on any atom is 0.264 e. The number of nitrogens with one attached hydrogen (secondary N) is 1. The van der Waals surface area contributed by atoms with Gasteiger partial charge in [-0.15, -0.1) is 0 Å². The zero-order valence-corrected chi connectivity index (χ0v) is 25.8. The minimum absolute atomic E-state index is 0.0432. The summed E-state index contributed by atoms with van der Waals surface area (Å²) in [4.78, 5) is 28.9. The van der Waals surface area contributed by atoms with E-state index in [1.165, 1.54) is 17.0 Å². The molecule has 1 atom stereocenters. The summed E-state index contributed by atoms with van der Waals surface area (Å²) in [6, 6.07) is 19.6. The van der Waals surface area contributed by atoms with Gasteiger partial charge in [-0.1, -0.05) is 55.8 Å². The molecule has 3 rings (SSSR count). The number of benzene rings is 3. The Hall–Kier alpha value is -4.05. The number of methoxy groups -OCH3 is 1. The Morgan fingerprint density at radius 1 is 0.929 bits per heavy atom. The van der Waals surface area contributed by atoms with Crippen LogP contribution in [0.2, 0.25) is 0 Å². The van der Waals surface area contributed by atoms with Crippen LogP contribution in [0.1, 0.15) is 44.7 Å². The molecule has 3 aromatic carbocycles. The van der Waals surface area contributed by atoms with Crippen LogP contribution in [0.5, 0.6) is 11.5 Å². The first-order valence-electron chi connectivity index (χ1n) is 14.2. The van der Waals surface area contributed by atoms with Gasteiger partial charge in [0.1, 0.15) is 24.1 Å². The van der Waals surface area contributed by atoms with Crippen molar-refractivity contribution in [3.05, 3.63) is 83.9 Å². The first-order valence-corrected chi connectivity index (χ1v) is 15.6. The molecule has 0 radical (unpaired) electrons. The van der Waals surface area contributed by atoms with E-state index in [0.717, 1.165) is 21.9 Å². The standard InChI is InChI=1S/C32H41N3O6S/c1-6-21-33-32(37)28(7-2)34(22-25-15-17-26(40-5)18-16-25)31(36)23-35(29-11-9-10-12-30(29)41-8-3)42(38,39)27-19-13-24(4)14-20-27/h9-20,28H,6-8,21-23H2,1-5H3,(H,33,37). The van der Waals surface area contributed by atoms with Crippen molar-refractivity contribution < 1.29 is 27.5 Å². The van der Waals surface area contributed by atoms with Crippen molar-refractivity contribution in [2.75, 3.05) is 31.1 Å². The van der Waals surface area contributed by atoms with E-state index in [9.17, 15) is 18.0 Å². The van der Waals surface area contributed by atoms with Gasteiger partial charge in [0, 0.05) is 13.1 Å². The van der Waals surface area contributed by atoms with Gasteiger partial charge in [-0.25, -0.2) is 8.42 Å². The molecule has 1 N–H and O–H groups in total. The molecule has 0 aliphatic carbocycles. The largest absolute Gasteiger partial charge is 0.497 e. The normalized spacial score (nSPS) is 11.8. The first-order chi connectivity index (χ1) is 20.2. The van der Waals surface area contributed by atoms with E-state index in [1.807, 2.05) is 32.9 Å². The van der Waals surface area contributed by atoms with Crippen LogP contribution in [0.4, 0.5) is 5.69 Å². The van der Waals surface area contributed by atoms with Crippen LogP contribution in [-0.4, -0.2) is 58.0 Å². The fourth-order valence-corrected chi connectivity index (χ4v) is 5.93. The molecule has 1 unspecified atom stereocenters. The maximum absolute atomic E-state index is 14.2. The number of amides is 2. The number of carbonyl (C=O) groups is 2. The van der Waals surface area contributed by atoms with E-state index in [-0.39, 0.29) is 23.0 Å². The molecule has 3 aromatic rings. The number of anilines is 1. The number of hydrogen-bond acceptors (Lipinski definition) is 6. The van der Waals surface area contributed by atoms with Gasteiger partial charge in [0.05, 0.1) is 24.3 Å². The molecule has 42 heavy (non-hydrogen) atoms. The predicted octanol–water partition coefficient (Wildman–Crippen LogP) is 4.93. The number of carbonyl (C=O) groups excluding carboxylic acids is 2. The molecule has 0 bridgehead atoms. The van der Waals surface area contributed by atoms with Crippen LogP contribution in [0, 0.1) is 6.92 Å². The van der Waals surface area contributed by atoms with Crippen LogP contribution in [0.25, 0.3) is 0 Å². The van der Waals surface area contributed by atoms with E-state index >= 15 is 0 Å². The topological polar surface area (TPSA) is 105 Å². The van der Waals surface area contributed by atoms with Crippen molar-refractivity contribution in [3.8, 4) is 11.5 Å². The first kappa shape index (κ1) is 32.5. The third-order valence-corrected chi connectivity index (χ3v) is 8.54. The predicted molar refractivity (Wildman–Crippen MR) is 164 cm³/mol. The molecule has 0 saturated heterocycles. The van der Waals surface area contributed by atoms with Gasteiger partial charge in [0.25, 0.3) is 10.0 Å². The molecular weight excluding hydrogens is 554 g/mol. The third kappa shape index (κ3) is 8.03. The third-order valence-electron chi connectivity index (χ3n) is 6.77. The smallest absolute Gasteiger partial charge is 0.264 e. The van der Waals surface area contributed by atoms with Crippen LogP contribution >= 0.6 is 0 Å². The highest BCUT2D eigenvalue weighted by molar-refractivity contribution is 7.92. The van der Waals surface area contributed by atoms with E-state index in [1.54, 1.807) is 62.6 Å². The average molecular weight is 596 g/mol. The minimum Gasteiger partial charge on any atom is -0.497 e. The number of nitrogens with zero attached hydrogens (tertiary/aromatic N) is 2. The summed E-state index contributed by atoms with van der Waals surface area (Å²) in [6.45, 7) is 7.80. The Balaban J connectivity index is 2.09. The number of aryl methyl sites for hydroxylation is 1. The molecule has 9 nitrogen and oxygen atoms in total. The van der Waals surface area contributed by atoms with Crippen LogP contribution < -0.4 is 19.1 Å². The second-order valence-electron chi connectivity index (χ2n) is 9.81. The van der Waals surface area contributed by atoms with Crippen molar-refractivity contribution in [1.82, 2.24) is 10.2 Å². The Kier molecular flexibility index (Phi) is 11.8. The lowest BCUT2D eigenvalue weighted by atomic mass is 10.1. The Morgan fingerprint density at radius 2 is 1.60 bits per heavy atom. The van der Waals surface area contributed by atoms with Gasteiger partial charge in [-0.3, -0.25) is 13.9 Å². The SMILES string of the molecule is CCCNC(=O)C(CC)N(Cc1ccc(OC)cc1)C(=O)CN(c1ccccc1OCC)S(=O)(=O)c1ccc(C)cc1. The summed E-state index contributed by atoms with van der Waals surface area (Å²) < 4.78 is 40.3. The lowest BCUT2D eigenvalue weighted by Crippen LogP contribution is -2.52. The quantitative estimate of drug-likeness (QED) is 0.267. The lowest BCUT2D eigenvalue weighted by Gasteiger charge is -2.33. The highest BCUT2D eigenvalue weighted by Gasteiger charge is 2.34. The van der Waals surface area contributed by atoms with Gasteiger partial charge in [0.2, 0.25) is 11.8 Å². The molecule has 10 heteroatoms. The number of hydrogen-bond donors (Lipinski definition) is 1. The number of para-hydroxylation sites is 2. The Labute approximate surface area is 249 Å². The molecule has 226 valence electrons. The zero-order chi connectivity index (χ0) is 30.7. The molecular formula is C32H41N3O6S. The van der Waals surface area contributed by atoms with Crippen LogP contribution in [0.15, 0.2) is 77.7 Å². The Bertz CT molecular complexity index is 1430. The number of ether oxygens (including phenoxy) is 2. The second kappa shape index (κ2) is 15.3. The molecule has 0 spiro atoms. The molecule has 0 aliphatic heterocycles. The summed E-state index contributed by atoms with van der Waals surface area (Å²) in [5.41, 5.74) is 1.91. The zero-order valence-electron chi connectivity index (χ0n) is 25.0. The van der Waals surface area contributed by atoms with Gasteiger partial charge >= 0.3 is 0 Å². The van der Waals surface area contributed by atoms with Gasteiger partial charge in [0.15, 0.2) is 0 Å². The van der Waals surface area contributed by atoms with E-state index in [0.29, 0.717) is 31.1 Å². The average Bonchev–Trinajstić information content (AvgIpc) is 2.99. The summed E-state index contributed by atoms with van der Waals surface area (Å²) in [5, 5.41) is 2.89.